The molecule has 1 aromatic rings. The first kappa shape index (κ1) is 17.9. The summed E-state index contributed by atoms with van der Waals surface area (Å²) in [6, 6.07) is 4.53. The van der Waals surface area contributed by atoms with Gasteiger partial charge in [0.25, 0.3) is 5.91 Å². The van der Waals surface area contributed by atoms with Crippen molar-refractivity contribution < 1.29 is 31.3 Å². The third-order valence-corrected chi connectivity index (χ3v) is 3.40. The van der Waals surface area contributed by atoms with Crippen molar-refractivity contribution in [1.82, 2.24) is 5.32 Å². The number of hydrogen-bond donors (Lipinski definition) is 4. The van der Waals surface area contributed by atoms with Crippen LogP contribution in [0.4, 0.5) is 0 Å². The maximum atomic E-state index is 12.0. The summed E-state index contributed by atoms with van der Waals surface area (Å²) in [4.78, 5) is 23.2. The van der Waals surface area contributed by atoms with Crippen LogP contribution in [0.15, 0.2) is 24.3 Å². The van der Waals surface area contributed by atoms with E-state index in [4.69, 9.17) is 0 Å². The Morgan fingerprint density at radius 1 is 1.23 bits per heavy atom. The predicted octanol–water partition coefficient (Wildman–Crippen LogP) is -2.81. The van der Waals surface area contributed by atoms with Gasteiger partial charge in [-0.2, -0.15) is 0 Å². The maximum Gasteiger partial charge on any atom is 0.278 e. The number of unbranched alkanes of at least 4 members (excludes halogenated alkanes) is 1. The standard InChI is InChI=1S/C15H23N3O4/c16-8-2-1-3-12(17)14(20)18-13(15(21)22)9-10-4-6-11(19)7-5-10/h4-7,12-13,19H,1-3,8-9,16-17H2,(H,18,20)(H,21,22)/p+1/t12-,13-/m0/s1. The Hall–Kier alpha value is -2.12. The molecule has 7 nitrogen and oxygen atoms in total. The number of nitrogens with one attached hydrogen (secondary N) is 1. The number of carboxylic acids is 1. The SMILES string of the molecule is [NH3+]CCCC[C@H]([NH3+])C(=O)N[C@@H](Cc1ccc(O)cc1)C(=O)[O-]. The minimum atomic E-state index is -1.34. The van der Waals surface area contributed by atoms with Crippen LogP contribution >= 0.6 is 0 Å². The van der Waals surface area contributed by atoms with Crippen LogP contribution in [0.5, 0.6) is 5.75 Å². The number of carbonyl (C=O) groups excluding carboxylic acids is 2. The number of carbonyl (C=O) groups is 2. The minimum absolute atomic E-state index is 0.0972. The molecular weight excluding hydrogens is 286 g/mol. The second-order valence-corrected chi connectivity index (χ2v) is 5.30. The van der Waals surface area contributed by atoms with E-state index in [1.165, 1.54) is 12.1 Å². The number of quaternary nitrogens is 2. The molecule has 1 rings (SSSR count). The lowest BCUT2D eigenvalue weighted by molar-refractivity contribution is -0.406. The quantitative estimate of drug-likeness (QED) is 0.365. The number of hydrogen-bond acceptors (Lipinski definition) is 4. The highest BCUT2D eigenvalue weighted by molar-refractivity contribution is 5.85. The molecule has 0 radical (unpaired) electrons. The average Bonchev–Trinajstić information content (AvgIpc) is 2.48. The number of benzene rings is 1. The monoisotopic (exact) mass is 310 g/mol. The first-order chi connectivity index (χ1) is 10.4. The fourth-order valence-corrected chi connectivity index (χ4v) is 2.05. The summed E-state index contributed by atoms with van der Waals surface area (Å²) in [5.41, 5.74) is 8.17. The normalized spacial score (nSPS) is 13.4. The van der Waals surface area contributed by atoms with E-state index in [9.17, 15) is 19.8 Å². The Morgan fingerprint density at radius 3 is 2.41 bits per heavy atom. The van der Waals surface area contributed by atoms with E-state index >= 15 is 0 Å². The summed E-state index contributed by atoms with van der Waals surface area (Å²) in [7, 11) is 0. The molecule has 0 bridgehead atoms. The van der Waals surface area contributed by atoms with Crippen LogP contribution in [0.2, 0.25) is 0 Å². The number of aromatic hydroxyl groups is 1. The van der Waals surface area contributed by atoms with Gasteiger partial charge >= 0.3 is 0 Å². The summed E-state index contributed by atoms with van der Waals surface area (Å²) >= 11 is 0. The van der Waals surface area contributed by atoms with Crippen molar-refractivity contribution >= 4 is 11.9 Å². The molecule has 0 aromatic heterocycles. The third kappa shape index (κ3) is 6.11. The van der Waals surface area contributed by atoms with Gasteiger partial charge in [0, 0.05) is 6.42 Å². The van der Waals surface area contributed by atoms with Crippen molar-refractivity contribution in [3.8, 4) is 5.75 Å². The molecule has 7 heteroatoms. The minimum Gasteiger partial charge on any atom is -0.548 e. The number of amides is 1. The number of phenolic OH excluding ortho intramolecular Hbond substituents is 1. The van der Waals surface area contributed by atoms with Gasteiger partial charge in [0.2, 0.25) is 0 Å². The van der Waals surface area contributed by atoms with Gasteiger partial charge in [-0.3, -0.25) is 4.79 Å². The van der Waals surface area contributed by atoms with Gasteiger partial charge in [-0.25, -0.2) is 0 Å². The molecule has 122 valence electrons. The summed E-state index contributed by atoms with van der Waals surface area (Å²) in [6.07, 6.45) is 2.44. The van der Waals surface area contributed by atoms with Crippen LogP contribution in [-0.2, 0) is 16.0 Å². The molecule has 1 aromatic carbocycles. The Bertz CT molecular complexity index is 490. The van der Waals surface area contributed by atoms with E-state index in [0.717, 1.165) is 19.4 Å². The molecule has 0 spiro atoms. The second kappa shape index (κ2) is 9.01. The van der Waals surface area contributed by atoms with Gasteiger partial charge in [0.1, 0.15) is 5.75 Å². The van der Waals surface area contributed by atoms with Crippen LogP contribution < -0.4 is 21.9 Å². The average molecular weight is 310 g/mol. The van der Waals surface area contributed by atoms with E-state index in [1.807, 2.05) is 0 Å². The van der Waals surface area contributed by atoms with Gasteiger partial charge in [-0.05, 0) is 37.0 Å². The molecule has 0 fully saturated rings. The highest BCUT2D eigenvalue weighted by atomic mass is 16.4. The fourth-order valence-electron chi connectivity index (χ4n) is 2.05. The van der Waals surface area contributed by atoms with Gasteiger partial charge in [-0.15, -0.1) is 0 Å². The van der Waals surface area contributed by atoms with E-state index in [2.05, 4.69) is 16.8 Å². The van der Waals surface area contributed by atoms with Crippen molar-refractivity contribution in [2.24, 2.45) is 0 Å². The number of aliphatic carboxylic acids is 1. The Balaban J connectivity index is 2.58. The third-order valence-electron chi connectivity index (χ3n) is 3.40. The van der Waals surface area contributed by atoms with Crippen molar-refractivity contribution in [2.75, 3.05) is 6.54 Å². The number of rotatable bonds is 9. The topological polar surface area (TPSA) is 145 Å². The highest BCUT2D eigenvalue weighted by Crippen LogP contribution is 2.11. The van der Waals surface area contributed by atoms with Gasteiger partial charge in [-0.1, -0.05) is 12.1 Å². The molecule has 0 aliphatic carbocycles. The van der Waals surface area contributed by atoms with Gasteiger partial charge in [0.15, 0.2) is 6.04 Å². The lowest BCUT2D eigenvalue weighted by Gasteiger charge is -2.21. The van der Waals surface area contributed by atoms with E-state index in [-0.39, 0.29) is 12.2 Å². The first-order valence-corrected chi connectivity index (χ1v) is 7.35. The zero-order chi connectivity index (χ0) is 16.5. The van der Waals surface area contributed by atoms with Crippen LogP contribution in [0.3, 0.4) is 0 Å². The van der Waals surface area contributed by atoms with Crippen LogP contribution in [0.25, 0.3) is 0 Å². The van der Waals surface area contributed by atoms with Gasteiger partial charge in [0.05, 0.1) is 18.6 Å². The molecule has 22 heavy (non-hydrogen) atoms. The molecule has 8 N–H and O–H groups in total. The first-order valence-electron chi connectivity index (χ1n) is 7.35. The number of carboxylic acid groups (broad SMARTS) is 1. The lowest BCUT2D eigenvalue weighted by atomic mass is 10.0. The second-order valence-electron chi connectivity index (χ2n) is 5.30. The Labute approximate surface area is 129 Å². The van der Waals surface area contributed by atoms with E-state index < -0.39 is 24.0 Å². The molecule has 1 amide bonds. The van der Waals surface area contributed by atoms with Crippen molar-refractivity contribution in [3.05, 3.63) is 29.8 Å². The van der Waals surface area contributed by atoms with Crippen LogP contribution in [0.1, 0.15) is 24.8 Å². The molecule has 0 heterocycles. The summed E-state index contributed by atoms with van der Waals surface area (Å²) in [5.74, 6) is -1.63. The predicted molar refractivity (Wildman–Crippen MR) is 77.0 cm³/mol. The molecule has 0 aliphatic heterocycles. The van der Waals surface area contributed by atoms with Crippen molar-refractivity contribution in [2.45, 2.75) is 37.8 Å². The summed E-state index contributed by atoms with van der Waals surface area (Å²) < 4.78 is 0. The lowest BCUT2D eigenvalue weighted by Crippen LogP contribution is -2.69. The molecule has 0 aliphatic rings. The Morgan fingerprint density at radius 2 is 1.86 bits per heavy atom. The zero-order valence-corrected chi connectivity index (χ0v) is 12.6. The van der Waals surface area contributed by atoms with Crippen LogP contribution in [0, 0.1) is 0 Å². The molecule has 2 atom stereocenters. The van der Waals surface area contributed by atoms with Crippen molar-refractivity contribution in [1.29, 1.82) is 0 Å². The fraction of sp³-hybridized carbons (Fsp3) is 0.467. The molecule has 0 unspecified atom stereocenters. The van der Waals surface area contributed by atoms with E-state index in [0.29, 0.717) is 12.0 Å². The van der Waals surface area contributed by atoms with E-state index in [1.54, 1.807) is 12.1 Å². The molecule has 0 saturated heterocycles. The van der Waals surface area contributed by atoms with Crippen molar-refractivity contribution in [3.63, 3.8) is 0 Å². The maximum absolute atomic E-state index is 12.0. The number of phenols is 1. The van der Waals surface area contributed by atoms with Gasteiger partial charge < -0.3 is 31.8 Å². The molecular formula is C15H24N3O4+. The van der Waals surface area contributed by atoms with Crippen LogP contribution in [-0.4, -0.2) is 35.6 Å². The summed E-state index contributed by atoms with van der Waals surface area (Å²) in [5, 5.41) is 22.9. The largest absolute Gasteiger partial charge is 0.548 e. The smallest absolute Gasteiger partial charge is 0.278 e. The molecule has 0 saturated carbocycles. The summed E-state index contributed by atoms with van der Waals surface area (Å²) in [6.45, 7) is 0.802. The Kier molecular flexibility index (Phi) is 7.34. The zero-order valence-electron chi connectivity index (χ0n) is 12.6. The highest BCUT2D eigenvalue weighted by Gasteiger charge is 2.21.